The second-order valence-electron chi connectivity index (χ2n) is 5.25. The van der Waals surface area contributed by atoms with Gasteiger partial charge in [-0.2, -0.15) is 0 Å². The lowest BCUT2D eigenvalue weighted by molar-refractivity contribution is -0.117. The van der Waals surface area contributed by atoms with Gasteiger partial charge in [0.05, 0.1) is 6.54 Å². The lowest BCUT2D eigenvalue weighted by atomic mass is 10.0. The standard InChI is InChI=1S/C16H17FN2OS/c1-11-14-7-9-21-15(14)6-8-19(11)10-16(20)18-13-4-2-12(17)3-5-13/h2-5,7,9,11H,6,8,10H2,1H3,(H,18,20). The van der Waals surface area contributed by atoms with Gasteiger partial charge in [-0.25, -0.2) is 4.39 Å². The van der Waals surface area contributed by atoms with E-state index in [0.717, 1.165) is 13.0 Å². The van der Waals surface area contributed by atoms with Crippen molar-refractivity contribution in [3.8, 4) is 0 Å². The summed E-state index contributed by atoms with van der Waals surface area (Å²) in [6.07, 6.45) is 1.00. The Morgan fingerprint density at radius 1 is 1.38 bits per heavy atom. The maximum atomic E-state index is 12.8. The summed E-state index contributed by atoms with van der Waals surface area (Å²) in [4.78, 5) is 15.7. The van der Waals surface area contributed by atoms with Crippen molar-refractivity contribution in [3.05, 3.63) is 52.0 Å². The van der Waals surface area contributed by atoms with Crippen LogP contribution in [0.25, 0.3) is 0 Å². The number of halogens is 1. The van der Waals surface area contributed by atoms with Crippen molar-refractivity contribution in [1.82, 2.24) is 4.90 Å². The number of benzene rings is 1. The molecule has 0 fully saturated rings. The van der Waals surface area contributed by atoms with Crippen LogP contribution in [-0.4, -0.2) is 23.9 Å². The third kappa shape index (κ3) is 3.14. The molecular formula is C16H17FN2OS. The Balaban J connectivity index is 1.62. The van der Waals surface area contributed by atoms with Gasteiger partial charge in [-0.15, -0.1) is 11.3 Å². The predicted molar refractivity (Wildman–Crippen MR) is 83.0 cm³/mol. The van der Waals surface area contributed by atoms with E-state index in [0.29, 0.717) is 12.2 Å². The van der Waals surface area contributed by atoms with E-state index >= 15 is 0 Å². The van der Waals surface area contributed by atoms with Gasteiger partial charge in [-0.1, -0.05) is 0 Å². The quantitative estimate of drug-likeness (QED) is 0.942. The zero-order valence-electron chi connectivity index (χ0n) is 11.8. The molecule has 110 valence electrons. The molecule has 2 heterocycles. The Bertz CT molecular complexity index is 638. The minimum Gasteiger partial charge on any atom is -0.325 e. The van der Waals surface area contributed by atoms with Gasteiger partial charge in [0.15, 0.2) is 0 Å². The Labute approximate surface area is 127 Å². The molecule has 0 saturated carbocycles. The average molecular weight is 304 g/mol. The first-order valence-electron chi connectivity index (χ1n) is 6.99. The van der Waals surface area contributed by atoms with Crippen molar-refractivity contribution in [3.63, 3.8) is 0 Å². The maximum absolute atomic E-state index is 12.8. The molecule has 0 saturated heterocycles. The molecule has 21 heavy (non-hydrogen) atoms. The number of fused-ring (bicyclic) bond motifs is 1. The first-order chi connectivity index (χ1) is 10.1. The van der Waals surface area contributed by atoms with E-state index in [1.807, 2.05) is 0 Å². The van der Waals surface area contributed by atoms with Crippen molar-refractivity contribution in [2.45, 2.75) is 19.4 Å². The summed E-state index contributed by atoms with van der Waals surface area (Å²) in [5.41, 5.74) is 1.96. The fraction of sp³-hybridized carbons (Fsp3) is 0.312. The van der Waals surface area contributed by atoms with E-state index in [1.165, 1.54) is 22.6 Å². The van der Waals surface area contributed by atoms with Crippen molar-refractivity contribution < 1.29 is 9.18 Å². The highest BCUT2D eigenvalue weighted by Gasteiger charge is 2.25. The number of nitrogens with one attached hydrogen (secondary N) is 1. The number of carbonyl (C=O) groups excluding carboxylic acids is 1. The number of anilines is 1. The van der Waals surface area contributed by atoms with Crippen LogP contribution in [0.1, 0.15) is 23.4 Å². The van der Waals surface area contributed by atoms with Gasteiger partial charge in [-0.3, -0.25) is 9.69 Å². The Morgan fingerprint density at radius 3 is 2.90 bits per heavy atom. The first-order valence-corrected chi connectivity index (χ1v) is 7.87. The summed E-state index contributed by atoms with van der Waals surface area (Å²) in [6.45, 7) is 3.38. The molecule has 3 rings (SSSR count). The van der Waals surface area contributed by atoms with Crippen LogP contribution in [0.2, 0.25) is 0 Å². The lowest BCUT2D eigenvalue weighted by Crippen LogP contribution is -2.39. The largest absolute Gasteiger partial charge is 0.325 e. The van der Waals surface area contributed by atoms with Crippen LogP contribution in [0.5, 0.6) is 0 Å². The van der Waals surface area contributed by atoms with E-state index in [-0.39, 0.29) is 17.8 Å². The van der Waals surface area contributed by atoms with Crippen LogP contribution in [0, 0.1) is 5.82 Å². The van der Waals surface area contributed by atoms with Crippen LogP contribution in [0.15, 0.2) is 35.7 Å². The topological polar surface area (TPSA) is 32.3 Å². The zero-order chi connectivity index (χ0) is 14.8. The molecule has 1 amide bonds. The molecule has 1 unspecified atom stereocenters. The van der Waals surface area contributed by atoms with Crippen molar-refractivity contribution in [2.24, 2.45) is 0 Å². The second-order valence-corrected chi connectivity index (χ2v) is 6.25. The molecule has 1 aromatic carbocycles. The SMILES string of the molecule is CC1c2ccsc2CCN1CC(=O)Nc1ccc(F)cc1. The summed E-state index contributed by atoms with van der Waals surface area (Å²) in [5, 5.41) is 4.92. The molecule has 0 spiro atoms. The predicted octanol–water partition coefficient (Wildman–Crippen LogP) is 3.45. The van der Waals surface area contributed by atoms with Crippen LogP contribution >= 0.6 is 11.3 Å². The third-order valence-electron chi connectivity index (χ3n) is 3.88. The molecule has 5 heteroatoms. The van der Waals surface area contributed by atoms with Crippen molar-refractivity contribution in [1.29, 1.82) is 0 Å². The second kappa shape index (κ2) is 5.95. The van der Waals surface area contributed by atoms with Crippen LogP contribution in [-0.2, 0) is 11.2 Å². The van der Waals surface area contributed by atoms with Crippen LogP contribution in [0.4, 0.5) is 10.1 Å². The fourth-order valence-electron chi connectivity index (χ4n) is 2.70. The van der Waals surface area contributed by atoms with Gasteiger partial charge < -0.3 is 5.32 Å². The average Bonchev–Trinajstić information content (AvgIpc) is 2.94. The summed E-state index contributed by atoms with van der Waals surface area (Å²) in [6, 6.07) is 8.25. The maximum Gasteiger partial charge on any atom is 0.238 e. The summed E-state index contributed by atoms with van der Waals surface area (Å²) in [5.74, 6) is -0.366. The van der Waals surface area contributed by atoms with Crippen LogP contribution in [0.3, 0.4) is 0 Å². The molecular weight excluding hydrogens is 287 g/mol. The highest BCUT2D eigenvalue weighted by molar-refractivity contribution is 7.10. The number of amides is 1. The number of hydrogen-bond acceptors (Lipinski definition) is 3. The molecule has 1 aliphatic heterocycles. The van der Waals surface area contributed by atoms with Crippen molar-refractivity contribution >= 4 is 22.9 Å². The minimum absolute atomic E-state index is 0.0628. The van der Waals surface area contributed by atoms with Crippen LogP contribution < -0.4 is 5.32 Å². The number of rotatable bonds is 3. The van der Waals surface area contributed by atoms with Gasteiger partial charge in [0.25, 0.3) is 0 Å². The summed E-state index contributed by atoms with van der Waals surface area (Å²) in [7, 11) is 0. The molecule has 1 aromatic heterocycles. The van der Waals surface area contributed by atoms with Gasteiger partial charge in [-0.05, 0) is 54.6 Å². The molecule has 1 atom stereocenters. The Morgan fingerprint density at radius 2 is 2.14 bits per heavy atom. The van der Waals surface area contributed by atoms with Gasteiger partial charge >= 0.3 is 0 Å². The Hall–Kier alpha value is -1.72. The van der Waals surface area contributed by atoms with E-state index in [1.54, 1.807) is 23.5 Å². The van der Waals surface area contributed by atoms with Gasteiger partial charge in [0, 0.05) is 23.2 Å². The summed E-state index contributed by atoms with van der Waals surface area (Å²) < 4.78 is 12.8. The smallest absolute Gasteiger partial charge is 0.238 e. The highest BCUT2D eigenvalue weighted by atomic mass is 32.1. The molecule has 0 bridgehead atoms. The normalized spacial score (nSPS) is 18.3. The number of nitrogens with zero attached hydrogens (tertiary/aromatic N) is 1. The molecule has 2 aromatic rings. The van der Waals surface area contributed by atoms with E-state index in [4.69, 9.17) is 0 Å². The van der Waals surface area contributed by atoms with E-state index in [2.05, 4.69) is 28.6 Å². The molecule has 1 N–H and O–H groups in total. The van der Waals surface area contributed by atoms with Gasteiger partial charge in [0.2, 0.25) is 5.91 Å². The monoisotopic (exact) mass is 304 g/mol. The molecule has 3 nitrogen and oxygen atoms in total. The van der Waals surface area contributed by atoms with Gasteiger partial charge in [0.1, 0.15) is 5.82 Å². The Kier molecular flexibility index (Phi) is 4.03. The lowest BCUT2D eigenvalue weighted by Gasteiger charge is -2.32. The van der Waals surface area contributed by atoms with Crippen molar-refractivity contribution in [2.75, 3.05) is 18.4 Å². The molecule has 0 aliphatic carbocycles. The molecule has 0 radical (unpaired) electrons. The fourth-order valence-corrected chi connectivity index (χ4v) is 3.66. The third-order valence-corrected chi connectivity index (χ3v) is 4.87. The number of thiophene rings is 1. The summed E-state index contributed by atoms with van der Waals surface area (Å²) >= 11 is 1.79. The first kappa shape index (κ1) is 14.2. The van der Waals surface area contributed by atoms with E-state index < -0.39 is 0 Å². The molecule has 1 aliphatic rings. The highest BCUT2D eigenvalue weighted by Crippen LogP contribution is 2.32. The number of hydrogen-bond donors (Lipinski definition) is 1. The van der Waals surface area contributed by atoms with E-state index in [9.17, 15) is 9.18 Å². The minimum atomic E-state index is -0.303. The number of carbonyl (C=O) groups is 1. The zero-order valence-corrected chi connectivity index (χ0v) is 12.6.